The zero-order chi connectivity index (χ0) is 11.4. The molecular formula is C12H21N3O. The van der Waals surface area contributed by atoms with Gasteiger partial charge in [-0.3, -0.25) is 4.68 Å². The third kappa shape index (κ3) is 3.06. The van der Waals surface area contributed by atoms with E-state index in [9.17, 15) is 0 Å². The molecule has 16 heavy (non-hydrogen) atoms. The van der Waals surface area contributed by atoms with Crippen molar-refractivity contribution in [1.82, 2.24) is 9.78 Å². The minimum absolute atomic E-state index is 0.309. The molecule has 0 radical (unpaired) electrons. The van der Waals surface area contributed by atoms with Gasteiger partial charge in [0, 0.05) is 32.5 Å². The summed E-state index contributed by atoms with van der Waals surface area (Å²) < 4.78 is 7.19. The van der Waals surface area contributed by atoms with E-state index in [2.05, 4.69) is 11.3 Å². The monoisotopic (exact) mass is 223 g/mol. The molecule has 1 aromatic heterocycles. The van der Waals surface area contributed by atoms with Crippen LogP contribution in [0.15, 0.2) is 12.4 Å². The number of ether oxygens (including phenoxy) is 1. The van der Waals surface area contributed by atoms with Crippen LogP contribution in [0.1, 0.15) is 24.8 Å². The van der Waals surface area contributed by atoms with E-state index in [4.69, 9.17) is 10.5 Å². The molecule has 0 amide bonds. The van der Waals surface area contributed by atoms with Crippen molar-refractivity contribution in [2.24, 2.45) is 18.7 Å². The normalized spacial score (nSPS) is 19.9. The molecule has 1 atom stereocenters. The Bertz CT molecular complexity index is 318. The highest BCUT2D eigenvalue weighted by Crippen LogP contribution is 2.20. The summed E-state index contributed by atoms with van der Waals surface area (Å²) in [7, 11) is 1.95. The second-order valence-corrected chi connectivity index (χ2v) is 4.67. The molecule has 2 N–H and O–H groups in total. The highest BCUT2D eigenvalue weighted by molar-refractivity contribution is 5.04. The Kier molecular flexibility index (Phi) is 3.96. The summed E-state index contributed by atoms with van der Waals surface area (Å²) in [5.41, 5.74) is 7.50. The van der Waals surface area contributed by atoms with Gasteiger partial charge >= 0.3 is 0 Å². The van der Waals surface area contributed by atoms with Crippen LogP contribution >= 0.6 is 0 Å². The lowest BCUT2D eigenvalue weighted by molar-refractivity contribution is 0.0576. The van der Waals surface area contributed by atoms with Gasteiger partial charge in [0.05, 0.1) is 6.20 Å². The molecule has 0 bridgehead atoms. The Morgan fingerprint density at radius 1 is 1.56 bits per heavy atom. The second kappa shape index (κ2) is 5.46. The zero-order valence-electron chi connectivity index (χ0n) is 9.93. The molecule has 2 heterocycles. The van der Waals surface area contributed by atoms with Crippen molar-refractivity contribution in [3.8, 4) is 0 Å². The quantitative estimate of drug-likeness (QED) is 0.832. The summed E-state index contributed by atoms with van der Waals surface area (Å²) >= 11 is 0. The highest BCUT2D eigenvalue weighted by Gasteiger charge is 2.20. The van der Waals surface area contributed by atoms with Crippen LogP contribution in [0.3, 0.4) is 0 Å². The number of nitrogens with zero attached hydrogens (tertiary/aromatic N) is 2. The fourth-order valence-electron chi connectivity index (χ4n) is 2.31. The number of nitrogens with two attached hydrogens (primary N) is 1. The Morgan fingerprint density at radius 2 is 2.31 bits per heavy atom. The molecule has 90 valence electrons. The standard InChI is InChI=1S/C12H21N3O/c1-15-9-10(8-14-15)2-3-12(13)11-4-6-16-7-5-11/h8-9,11-12H,2-7,13H2,1H3. The lowest BCUT2D eigenvalue weighted by Crippen LogP contribution is -2.34. The number of aryl methyl sites for hydroxylation is 2. The largest absolute Gasteiger partial charge is 0.381 e. The average molecular weight is 223 g/mol. The summed E-state index contributed by atoms with van der Waals surface area (Å²) in [6.45, 7) is 1.76. The van der Waals surface area contributed by atoms with Crippen LogP contribution in [0.5, 0.6) is 0 Å². The number of hydrogen-bond donors (Lipinski definition) is 1. The van der Waals surface area contributed by atoms with Gasteiger partial charge in [0.15, 0.2) is 0 Å². The van der Waals surface area contributed by atoms with E-state index in [0.29, 0.717) is 12.0 Å². The topological polar surface area (TPSA) is 53.1 Å². The fraction of sp³-hybridized carbons (Fsp3) is 0.750. The summed E-state index contributed by atoms with van der Waals surface area (Å²) in [6.07, 6.45) is 8.32. The SMILES string of the molecule is Cn1cc(CCC(N)C2CCOCC2)cn1. The van der Waals surface area contributed by atoms with E-state index in [0.717, 1.165) is 38.9 Å². The average Bonchev–Trinajstić information content (AvgIpc) is 2.73. The Balaban J connectivity index is 1.76. The molecule has 1 aliphatic rings. The Morgan fingerprint density at radius 3 is 2.94 bits per heavy atom. The minimum Gasteiger partial charge on any atom is -0.381 e. The molecular weight excluding hydrogens is 202 g/mol. The van der Waals surface area contributed by atoms with Crippen molar-refractivity contribution in [3.05, 3.63) is 18.0 Å². The first-order chi connectivity index (χ1) is 7.75. The molecule has 4 heteroatoms. The predicted molar refractivity (Wildman–Crippen MR) is 63.0 cm³/mol. The van der Waals surface area contributed by atoms with Crippen molar-refractivity contribution in [2.75, 3.05) is 13.2 Å². The molecule has 1 aliphatic heterocycles. The molecule has 0 aromatic carbocycles. The van der Waals surface area contributed by atoms with Crippen LogP contribution in [0, 0.1) is 5.92 Å². The van der Waals surface area contributed by atoms with Crippen LogP contribution in [-0.2, 0) is 18.2 Å². The maximum absolute atomic E-state index is 6.22. The Labute approximate surface area is 96.8 Å². The molecule has 1 saturated heterocycles. The van der Waals surface area contributed by atoms with Crippen molar-refractivity contribution < 1.29 is 4.74 Å². The van der Waals surface area contributed by atoms with Gasteiger partial charge in [-0.25, -0.2) is 0 Å². The van der Waals surface area contributed by atoms with Gasteiger partial charge in [-0.15, -0.1) is 0 Å². The lowest BCUT2D eigenvalue weighted by Gasteiger charge is -2.27. The van der Waals surface area contributed by atoms with Gasteiger partial charge < -0.3 is 10.5 Å². The van der Waals surface area contributed by atoms with Crippen molar-refractivity contribution in [3.63, 3.8) is 0 Å². The smallest absolute Gasteiger partial charge is 0.0521 e. The van der Waals surface area contributed by atoms with E-state index in [-0.39, 0.29) is 0 Å². The maximum Gasteiger partial charge on any atom is 0.0521 e. The van der Waals surface area contributed by atoms with E-state index in [1.54, 1.807) is 0 Å². The maximum atomic E-state index is 6.22. The Hall–Kier alpha value is -0.870. The molecule has 0 spiro atoms. The number of rotatable bonds is 4. The van der Waals surface area contributed by atoms with Crippen LogP contribution in [0.2, 0.25) is 0 Å². The van der Waals surface area contributed by atoms with Gasteiger partial charge in [0.2, 0.25) is 0 Å². The summed E-state index contributed by atoms with van der Waals surface area (Å²) in [4.78, 5) is 0. The van der Waals surface area contributed by atoms with Crippen molar-refractivity contribution >= 4 is 0 Å². The molecule has 1 fully saturated rings. The predicted octanol–water partition coefficient (Wildman–Crippen LogP) is 1.11. The lowest BCUT2D eigenvalue weighted by atomic mass is 9.89. The molecule has 1 aromatic rings. The fourth-order valence-corrected chi connectivity index (χ4v) is 2.31. The van der Waals surface area contributed by atoms with Gasteiger partial charge in [0.25, 0.3) is 0 Å². The molecule has 0 aliphatic carbocycles. The number of aromatic nitrogens is 2. The number of hydrogen-bond acceptors (Lipinski definition) is 3. The van der Waals surface area contributed by atoms with E-state index in [1.165, 1.54) is 5.56 Å². The summed E-state index contributed by atoms with van der Waals surface area (Å²) in [5, 5.41) is 4.16. The first-order valence-corrected chi connectivity index (χ1v) is 6.06. The van der Waals surface area contributed by atoms with Gasteiger partial charge in [-0.05, 0) is 37.2 Å². The van der Waals surface area contributed by atoms with Crippen LogP contribution in [-0.4, -0.2) is 29.0 Å². The molecule has 1 unspecified atom stereocenters. The van der Waals surface area contributed by atoms with E-state index < -0.39 is 0 Å². The summed E-state index contributed by atoms with van der Waals surface area (Å²) in [5.74, 6) is 0.644. The third-order valence-electron chi connectivity index (χ3n) is 3.40. The molecule has 0 saturated carbocycles. The van der Waals surface area contributed by atoms with Crippen LogP contribution in [0.4, 0.5) is 0 Å². The second-order valence-electron chi connectivity index (χ2n) is 4.67. The van der Waals surface area contributed by atoms with Gasteiger partial charge in [-0.2, -0.15) is 5.10 Å². The van der Waals surface area contributed by atoms with Gasteiger partial charge in [-0.1, -0.05) is 0 Å². The van der Waals surface area contributed by atoms with E-state index >= 15 is 0 Å². The summed E-state index contributed by atoms with van der Waals surface area (Å²) in [6, 6.07) is 0.309. The minimum atomic E-state index is 0.309. The first-order valence-electron chi connectivity index (χ1n) is 6.06. The van der Waals surface area contributed by atoms with Crippen LogP contribution in [0.25, 0.3) is 0 Å². The molecule has 4 nitrogen and oxygen atoms in total. The van der Waals surface area contributed by atoms with Gasteiger partial charge in [0.1, 0.15) is 0 Å². The highest BCUT2D eigenvalue weighted by atomic mass is 16.5. The van der Waals surface area contributed by atoms with Crippen LogP contribution < -0.4 is 5.73 Å². The van der Waals surface area contributed by atoms with Crippen molar-refractivity contribution in [2.45, 2.75) is 31.7 Å². The van der Waals surface area contributed by atoms with E-state index in [1.807, 2.05) is 17.9 Å². The van der Waals surface area contributed by atoms with Crippen molar-refractivity contribution in [1.29, 1.82) is 0 Å². The molecule has 2 rings (SSSR count). The zero-order valence-corrected chi connectivity index (χ0v) is 9.93. The third-order valence-corrected chi connectivity index (χ3v) is 3.40. The first kappa shape index (κ1) is 11.6.